The normalized spacial score (nSPS) is 8.39. The summed E-state index contributed by atoms with van der Waals surface area (Å²) in [6, 6.07) is 23.4. The molecule has 0 saturated heterocycles. The number of allylic oxidation sites excluding steroid dienone is 2. The van der Waals surface area contributed by atoms with Crippen molar-refractivity contribution < 1.29 is 15.8 Å². The lowest BCUT2D eigenvalue weighted by atomic mass is 10.1. The van der Waals surface area contributed by atoms with Crippen molar-refractivity contribution in [2.24, 2.45) is 0 Å². The molecule has 38 heavy (non-hydrogen) atoms. The molecule has 0 aromatic heterocycles. The van der Waals surface area contributed by atoms with Gasteiger partial charge < -0.3 is 14.4 Å². The molecule has 0 aliphatic heterocycles. The summed E-state index contributed by atoms with van der Waals surface area (Å²) < 4.78 is 0. The lowest BCUT2D eigenvalue weighted by Gasteiger charge is -1.98. The average molecular weight is 521 g/mol. The van der Waals surface area contributed by atoms with Crippen LogP contribution in [0.1, 0.15) is 78.4 Å². The van der Waals surface area contributed by atoms with Crippen LogP contribution in [0.15, 0.2) is 92.0 Å². The summed E-state index contributed by atoms with van der Waals surface area (Å²) in [5, 5.41) is 2.64. The van der Waals surface area contributed by atoms with Gasteiger partial charge in [-0.1, -0.05) is 104 Å². The highest BCUT2D eigenvalue weighted by atomic mass is 16.1. The molecule has 0 aliphatic rings. The summed E-state index contributed by atoms with van der Waals surface area (Å²) >= 11 is 0. The second-order valence-corrected chi connectivity index (χ2v) is 8.12. The zero-order valence-corrected chi connectivity index (χ0v) is 24.8. The molecular weight excluding hydrogens is 468 g/mol. The molecule has 0 unspecified atom stereocenters. The minimum Gasteiger partial charge on any atom is -0.303 e. The maximum absolute atomic E-state index is 10.0. The molecule has 0 atom stereocenters. The number of Topliss-reactive ketones (excluding diaryl/α,β-unsaturated/α-hetero) is 1. The molecular formula is C35H52O3. The van der Waals surface area contributed by atoms with Crippen LogP contribution in [0.2, 0.25) is 0 Å². The Morgan fingerprint density at radius 1 is 0.763 bits per heavy atom. The van der Waals surface area contributed by atoms with E-state index >= 15 is 0 Å². The van der Waals surface area contributed by atoms with Crippen molar-refractivity contribution in [3.8, 4) is 0 Å². The van der Waals surface area contributed by atoms with Gasteiger partial charge in [-0.3, -0.25) is 0 Å². The Morgan fingerprint density at radius 3 is 1.68 bits per heavy atom. The first-order valence-corrected chi connectivity index (χ1v) is 13.3. The van der Waals surface area contributed by atoms with Gasteiger partial charge >= 0.3 is 0 Å². The van der Waals surface area contributed by atoms with Gasteiger partial charge in [0.2, 0.25) is 0 Å². The molecule has 0 spiro atoms. The van der Waals surface area contributed by atoms with Crippen molar-refractivity contribution in [1.29, 1.82) is 0 Å². The molecule has 0 saturated carbocycles. The van der Waals surface area contributed by atoms with Gasteiger partial charge in [0.05, 0.1) is 0 Å². The van der Waals surface area contributed by atoms with Crippen molar-refractivity contribution >= 4 is 29.1 Å². The van der Waals surface area contributed by atoms with Gasteiger partial charge in [-0.2, -0.15) is 0 Å². The Bertz CT molecular complexity index is 1000. The lowest BCUT2D eigenvalue weighted by Crippen LogP contribution is -1.88. The molecule has 0 fully saturated rings. The van der Waals surface area contributed by atoms with Crippen molar-refractivity contribution in [3.63, 3.8) is 0 Å². The second kappa shape index (κ2) is 29.6. The highest BCUT2D eigenvalue weighted by Crippen LogP contribution is 2.14. The average Bonchev–Trinajstić information content (AvgIpc) is 2.91. The fourth-order valence-electron chi connectivity index (χ4n) is 2.72. The van der Waals surface area contributed by atoms with Crippen molar-refractivity contribution in [1.82, 2.24) is 0 Å². The highest BCUT2D eigenvalue weighted by molar-refractivity contribution is 5.82. The van der Waals surface area contributed by atoms with E-state index < -0.39 is 0 Å². The van der Waals surface area contributed by atoms with Gasteiger partial charge in [0.15, 0.2) is 0 Å². The molecule has 3 rings (SSSR count). The summed E-state index contributed by atoms with van der Waals surface area (Å²) in [5.74, 6) is 0.0760. The van der Waals surface area contributed by atoms with E-state index in [1.807, 2.05) is 27.7 Å². The molecule has 3 aromatic carbocycles. The molecule has 0 amide bonds. The van der Waals surface area contributed by atoms with Crippen LogP contribution < -0.4 is 0 Å². The van der Waals surface area contributed by atoms with E-state index in [1.54, 1.807) is 12.2 Å². The van der Waals surface area contributed by atoms with E-state index in [1.165, 1.54) is 34.4 Å². The summed E-state index contributed by atoms with van der Waals surface area (Å²) in [7, 11) is 0. The quantitative estimate of drug-likeness (QED) is 0.177. The Hall–Kier alpha value is -3.59. The highest BCUT2D eigenvalue weighted by Gasteiger charge is 1.92. The molecule has 0 bridgehead atoms. The summed E-state index contributed by atoms with van der Waals surface area (Å²) in [5.41, 5.74) is 3.93. The zero-order valence-electron chi connectivity index (χ0n) is 24.8. The number of ketones is 1. The predicted molar refractivity (Wildman–Crippen MR) is 170 cm³/mol. The maximum Gasteiger partial charge on any atom is 0.130 e. The Kier molecular flexibility index (Phi) is 30.4. The van der Waals surface area contributed by atoms with Crippen LogP contribution in [-0.4, -0.2) is 18.4 Å². The van der Waals surface area contributed by atoms with Crippen molar-refractivity contribution in [3.05, 3.63) is 109 Å². The van der Waals surface area contributed by atoms with Crippen LogP contribution in [0.25, 0.3) is 10.8 Å². The van der Waals surface area contributed by atoms with E-state index in [-0.39, 0.29) is 7.21 Å². The van der Waals surface area contributed by atoms with Gasteiger partial charge in [0.25, 0.3) is 0 Å². The van der Waals surface area contributed by atoms with E-state index in [4.69, 9.17) is 0 Å². The molecule has 0 N–H and O–H groups in total. The Morgan fingerprint density at radius 2 is 1.24 bits per heavy atom. The van der Waals surface area contributed by atoms with Gasteiger partial charge in [-0.05, 0) is 63.8 Å². The smallest absolute Gasteiger partial charge is 0.130 e. The Labute approximate surface area is 234 Å². The number of carbonyl (C=O) groups excluding carboxylic acids is 3. The van der Waals surface area contributed by atoms with Gasteiger partial charge in [0.1, 0.15) is 18.4 Å². The number of aryl methyl sites for hydroxylation is 3. The van der Waals surface area contributed by atoms with Crippen LogP contribution in [0.4, 0.5) is 0 Å². The third-order valence-electron chi connectivity index (χ3n) is 4.43. The first kappa shape index (κ1) is 38.9. The fraction of sp³-hybridized carbons (Fsp3) is 0.343. The molecule has 0 radical (unpaired) electrons. The van der Waals surface area contributed by atoms with Crippen LogP contribution in [-0.2, 0) is 20.8 Å². The van der Waals surface area contributed by atoms with Crippen LogP contribution in [0.3, 0.4) is 0 Å². The predicted octanol–water partition coefficient (Wildman–Crippen LogP) is 9.88. The summed E-state index contributed by atoms with van der Waals surface area (Å²) in [6.45, 7) is 20.2. The number of hydrogen-bond acceptors (Lipinski definition) is 3. The number of unbranched alkanes of at least 4 members (excludes halogenated alkanes) is 1. The third kappa shape index (κ3) is 25.5. The van der Waals surface area contributed by atoms with Crippen molar-refractivity contribution in [2.45, 2.75) is 80.6 Å². The Balaban J connectivity index is -0.000000210. The van der Waals surface area contributed by atoms with Crippen LogP contribution in [0, 0.1) is 13.8 Å². The molecule has 3 aromatic rings. The maximum atomic E-state index is 10.0. The molecule has 0 heterocycles. The fourth-order valence-corrected chi connectivity index (χ4v) is 2.72. The standard InChI is InChI=1S/C11H14O.C11H10.C5H8O2.2C3H6.C2H6.H2/c1-10-5-7-11(8-6-10)4-2-3-9-12;1-9-6-7-10-4-2-3-5-11(10)8-9;1-5(7)3-2-4-6;2*1-3-2;1-2;/h5-9H,2-4H2,1H3;2-8H,1H3;4H,2-3H2,1H3;2*3H,1H2,2H3;1-2H3;1H. The van der Waals surface area contributed by atoms with Gasteiger partial charge in [0, 0.05) is 20.7 Å². The number of rotatable bonds is 7. The zero-order chi connectivity index (χ0) is 29.6. The summed E-state index contributed by atoms with van der Waals surface area (Å²) in [4.78, 5) is 29.7. The molecule has 3 heteroatoms. The van der Waals surface area contributed by atoms with Gasteiger partial charge in [-0.15, -0.1) is 13.2 Å². The van der Waals surface area contributed by atoms with Gasteiger partial charge in [-0.25, -0.2) is 0 Å². The minimum atomic E-state index is 0. The number of fused-ring (bicyclic) bond motifs is 1. The molecule has 0 aliphatic carbocycles. The first-order valence-electron chi connectivity index (χ1n) is 13.3. The number of carbonyl (C=O) groups is 3. The van der Waals surface area contributed by atoms with Crippen molar-refractivity contribution in [2.75, 3.05) is 0 Å². The number of hydrogen-bond donors (Lipinski definition) is 0. The van der Waals surface area contributed by atoms with E-state index in [9.17, 15) is 14.4 Å². The first-order chi connectivity index (χ1) is 18.3. The number of benzene rings is 3. The second-order valence-electron chi connectivity index (χ2n) is 8.12. The minimum absolute atomic E-state index is 0. The van der Waals surface area contributed by atoms with E-state index in [0.29, 0.717) is 19.3 Å². The van der Waals surface area contributed by atoms with Crippen LogP contribution in [0.5, 0.6) is 0 Å². The monoisotopic (exact) mass is 520 g/mol. The number of aldehydes is 2. The SMILES string of the molecule is C=CC.C=CC.CC.CC(=O)CCC=O.Cc1ccc(CCCC=O)cc1.Cc1ccc2ccccc2c1.[HH]. The third-order valence-corrected chi connectivity index (χ3v) is 4.43. The largest absolute Gasteiger partial charge is 0.303 e. The van der Waals surface area contributed by atoms with E-state index in [0.717, 1.165) is 25.4 Å². The lowest BCUT2D eigenvalue weighted by molar-refractivity contribution is -0.119. The summed E-state index contributed by atoms with van der Waals surface area (Å²) in [6.07, 6.45) is 8.65. The van der Waals surface area contributed by atoms with E-state index in [2.05, 4.69) is 93.7 Å². The topological polar surface area (TPSA) is 51.2 Å². The molecule has 210 valence electrons. The molecule has 3 nitrogen and oxygen atoms in total. The van der Waals surface area contributed by atoms with Crippen LogP contribution >= 0.6 is 0 Å².